The quantitative estimate of drug-likeness (QED) is 0.0283. The summed E-state index contributed by atoms with van der Waals surface area (Å²) in [4.78, 5) is 34.9. The van der Waals surface area contributed by atoms with Crippen molar-refractivity contribution < 1.29 is 9.47 Å². The molecule has 10 heteroatoms. The van der Waals surface area contributed by atoms with Crippen molar-refractivity contribution in [2.45, 2.75) is 219 Å². The van der Waals surface area contributed by atoms with Gasteiger partial charge in [-0.15, -0.1) is 0 Å². The molecule has 7 aromatic rings. The van der Waals surface area contributed by atoms with Gasteiger partial charge in [-0.2, -0.15) is 0 Å². The molecule has 2 aliphatic heterocycles. The molecule has 0 atom stereocenters. The fourth-order valence-corrected chi connectivity index (χ4v) is 12.2. The van der Waals surface area contributed by atoms with Crippen molar-refractivity contribution in [1.82, 2.24) is 39.9 Å². The summed E-state index contributed by atoms with van der Waals surface area (Å²) in [6, 6.07) is 25.5. The molecular weight excluding hydrogens is 1030 g/mol. The minimum Gasteiger partial charge on any atom is -0.494 e. The first-order valence-electron chi connectivity index (χ1n) is 33.3. The van der Waals surface area contributed by atoms with Crippen LogP contribution in [0.4, 0.5) is 0 Å². The van der Waals surface area contributed by atoms with E-state index in [9.17, 15) is 0 Å². The summed E-state index contributed by atoms with van der Waals surface area (Å²) >= 11 is 0. The number of nitrogens with one attached hydrogen (secondary N) is 4. The largest absolute Gasteiger partial charge is 0.494 e. The molecule has 2 aliphatic rings. The Labute approximate surface area is 502 Å². The van der Waals surface area contributed by atoms with Gasteiger partial charge in [0.1, 0.15) is 23.1 Å². The second-order valence-electron chi connectivity index (χ2n) is 23.7. The summed E-state index contributed by atoms with van der Waals surface area (Å²) in [5.41, 5.74) is 12.6. The molecule has 0 unspecified atom stereocenters. The van der Waals surface area contributed by atoms with Gasteiger partial charge < -0.3 is 29.4 Å². The highest BCUT2D eigenvalue weighted by molar-refractivity contribution is 5.98. The molecule has 9 rings (SSSR count). The van der Waals surface area contributed by atoms with E-state index in [0.717, 1.165) is 127 Å². The first kappa shape index (κ1) is 61.6. The Balaban J connectivity index is 0.875. The maximum Gasteiger partial charge on any atom is 0.141 e. The lowest BCUT2D eigenvalue weighted by Crippen LogP contribution is -1.97. The summed E-state index contributed by atoms with van der Waals surface area (Å²) in [6.07, 6.45) is 59.1. The lowest BCUT2D eigenvalue weighted by atomic mass is 10.0. The zero-order valence-electron chi connectivity index (χ0n) is 51.2. The summed E-state index contributed by atoms with van der Waals surface area (Å²) in [6.45, 7) is 6.03. The van der Waals surface area contributed by atoms with Gasteiger partial charge in [0.2, 0.25) is 0 Å². The number of benzene rings is 2. The zero-order valence-corrected chi connectivity index (χ0v) is 51.2. The Morgan fingerprint density at radius 2 is 0.583 bits per heavy atom. The molecule has 5 aromatic heterocycles. The summed E-state index contributed by atoms with van der Waals surface area (Å²) in [7, 11) is 0. The minimum absolute atomic E-state index is 0.719. The maximum atomic E-state index is 6.34. The number of hydrogen-bond donors (Lipinski definition) is 4. The average molecular weight is 1130 g/mol. The van der Waals surface area contributed by atoms with Crippen LogP contribution < -0.4 is 9.47 Å². The third-order valence-corrected chi connectivity index (χ3v) is 17.0. The summed E-state index contributed by atoms with van der Waals surface area (Å²) < 4.78 is 12.7. The van der Waals surface area contributed by atoms with Gasteiger partial charge in [0.05, 0.1) is 58.1 Å². The van der Waals surface area contributed by atoms with Crippen molar-refractivity contribution in [3.8, 4) is 56.5 Å². The van der Waals surface area contributed by atoms with Crippen LogP contribution >= 0.6 is 0 Å². The standard InChI is InChI=1S/C74H98N8O2/c1-3-5-7-9-11-13-15-17-19-21-23-25-27-29-31-33-55-83-59-39-35-57(36-40-59)69-61-43-47-65(79-61)71(73-75-51-52-76-73)67-49-45-63(81-67)70(64-46-50-68(82-64)72(74-77-53-54-78-74)66-48-44-62(69)80-66)58-37-41-60(42-38-58)84-56-34-32-30-28-26-24-22-20-18-16-14-12-10-8-6-4-2/h35-54,79,82H,3-34,55-56H2,1-2H3,(H,75,76)(H,77,78). The lowest BCUT2D eigenvalue weighted by molar-refractivity contribution is 0.304. The number of aromatic nitrogens is 8. The van der Waals surface area contributed by atoms with E-state index in [1.54, 1.807) is 12.4 Å². The van der Waals surface area contributed by atoms with E-state index in [1.165, 1.54) is 193 Å². The highest BCUT2D eigenvalue weighted by Gasteiger charge is 2.20. The van der Waals surface area contributed by atoms with Gasteiger partial charge in [-0.3, -0.25) is 0 Å². The second-order valence-corrected chi connectivity index (χ2v) is 23.7. The van der Waals surface area contributed by atoms with E-state index >= 15 is 0 Å². The number of imidazole rings is 2. The van der Waals surface area contributed by atoms with Gasteiger partial charge in [-0.1, -0.05) is 231 Å². The van der Waals surface area contributed by atoms with E-state index in [2.05, 4.69) is 131 Å². The molecule has 0 saturated heterocycles. The molecule has 8 bridgehead atoms. The molecule has 0 saturated carbocycles. The fourth-order valence-electron chi connectivity index (χ4n) is 12.2. The van der Waals surface area contributed by atoms with Gasteiger partial charge in [0.25, 0.3) is 0 Å². The summed E-state index contributed by atoms with van der Waals surface area (Å²) in [5, 5.41) is 0. The number of aromatic amines is 4. The Kier molecular flexibility index (Phi) is 25.5. The van der Waals surface area contributed by atoms with Crippen molar-refractivity contribution in [2.75, 3.05) is 13.2 Å². The van der Waals surface area contributed by atoms with E-state index in [4.69, 9.17) is 29.4 Å². The van der Waals surface area contributed by atoms with E-state index in [0.29, 0.717) is 0 Å². The predicted molar refractivity (Wildman–Crippen MR) is 355 cm³/mol. The number of hydrogen-bond acceptors (Lipinski definition) is 6. The maximum absolute atomic E-state index is 6.34. The molecule has 2 aromatic carbocycles. The minimum atomic E-state index is 0.719. The van der Waals surface area contributed by atoms with Gasteiger partial charge in [0, 0.05) is 46.9 Å². The monoisotopic (exact) mass is 1130 g/mol. The Bertz CT molecular complexity index is 3000. The van der Waals surface area contributed by atoms with Gasteiger partial charge in [0.15, 0.2) is 0 Å². The van der Waals surface area contributed by atoms with Crippen molar-refractivity contribution in [1.29, 1.82) is 0 Å². The number of nitrogens with zero attached hydrogens (tertiary/aromatic N) is 4. The van der Waals surface area contributed by atoms with Crippen LogP contribution in [0.3, 0.4) is 0 Å². The third-order valence-electron chi connectivity index (χ3n) is 17.0. The number of ether oxygens (including phenoxy) is 2. The van der Waals surface area contributed by atoms with Crippen LogP contribution in [-0.4, -0.2) is 53.1 Å². The number of fused-ring (bicyclic) bond motifs is 8. The van der Waals surface area contributed by atoms with Crippen molar-refractivity contribution in [3.05, 3.63) is 120 Å². The zero-order chi connectivity index (χ0) is 57.6. The van der Waals surface area contributed by atoms with Crippen LogP contribution in [0.15, 0.2) is 97.6 Å². The number of unbranched alkanes of at least 4 members (excludes halogenated alkanes) is 30. The Morgan fingerprint density at radius 1 is 0.310 bits per heavy atom. The molecule has 0 spiro atoms. The average Bonchev–Trinajstić information content (AvgIpc) is 4.43. The molecule has 84 heavy (non-hydrogen) atoms. The van der Waals surface area contributed by atoms with Gasteiger partial charge >= 0.3 is 0 Å². The van der Waals surface area contributed by atoms with Crippen LogP contribution in [0, 0.1) is 0 Å². The number of H-pyrrole nitrogens is 4. The molecular formula is C74H98N8O2. The van der Waals surface area contributed by atoms with E-state index in [-0.39, 0.29) is 0 Å². The molecule has 0 fully saturated rings. The Hall–Kier alpha value is -6.94. The van der Waals surface area contributed by atoms with Crippen molar-refractivity contribution >= 4 is 46.4 Å². The van der Waals surface area contributed by atoms with Crippen LogP contribution in [0.2, 0.25) is 0 Å². The van der Waals surface area contributed by atoms with E-state index in [1.807, 2.05) is 12.4 Å². The lowest BCUT2D eigenvalue weighted by Gasteiger charge is -2.09. The van der Waals surface area contributed by atoms with E-state index < -0.39 is 0 Å². The molecule has 0 aliphatic carbocycles. The fraction of sp³-hybridized carbons (Fsp3) is 0.486. The summed E-state index contributed by atoms with van der Waals surface area (Å²) in [5.74, 6) is 3.20. The Morgan fingerprint density at radius 3 is 0.869 bits per heavy atom. The van der Waals surface area contributed by atoms with Crippen molar-refractivity contribution in [3.63, 3.8) is 0 Å². The first-order valence-corrected chi connectivity index (χ1v) is 33.3. The highest BCUT2D eigenvalue weighted by Crippen LogP contribution is 2.38. The van der Waals surface area contributed by atoms with Crippen LogP contribution in [0.5, 0.6) is 11.5 Å². The molecule has 446 valence electrons. The molecule has 10 nitrogen and oxygen atoms in total. The van der Waals surface area contributed by atoms with Gasteiger partial charge in [-0.25, -0.2) is 19.9 Å². The van der Waals surface area contributed by atoms with Crippen molar-refractivity contribution in [2.24, 2.45) is 0 Å². The molecule has 4 N–H and O–H groups in total. The van der Waals surface area contributed by atoms with Crippen LogP contribution in [-0.2, 0) is 0 Å². The van der Waals surface area contributed by atoms with Crippen LogP contribution in [0.1, 0.15) is 242 Å². The highest BCUT2D eigenvalue weighted by atomic mass is 16.5. The molecule has 0 amide bonds. The van der Waals surface area contributed by atoms with Crippen LogP contribution in [0.25, 0.3) is 91.4 Å². The smallest absolute Gasteiger partial charge is 0.141 e. The molecule has 0 radical (unpaired) electrons. The number of rotatable bonds is 40. The first-order chi connectivity index (χ1) is 41.7. The second kappa shape index (κ2) is 34.7. The van der Waals surface area contributed by atoms with Gasteiger partial charge in [-0.05, 0) is 96.8 Å². The topological polar surface area (TPSA) is 133 Å². The predicted octanol–water partition coefficient (Wildman–Crippen LogP) is 22.1. The SMILES string of the molecule is CCCCCCCCCCCCCCCCCCOc1ccc(-c2c3nc(c(-c4ncc[nH]4)c4ccc([nH]4)c(-c4ccc(OCCCCCCCCCCCCCCCCCC)cc4)c4nc(c(-c5ncc[nH]5)c5ccc2[nH]5)C=C4)C=C3)cc1. The molecule has 7 heterocycles. The normalized spacial score (nSPS) is 12.0. The third kappa shape index (κ3) is 18.5.